The van der Waals surface area contributed by atoms with E-state index >= 15 is 0 Å². The summed E-state index contributed by atoms with van der Waals surface area (Å²) < 4.78 is 7.70. The molecule has 1 aromatic rings. The maximum Gasteiger partial charge on any atom is 0.302 e. The molecule has 4 fully saturated rings. The van der Waals surface area contributed by atoms with Gasteiger partial charge in [-0.3, -0.25) is 14.2 Å². The lowest BCUT2D eigenvalue weighted by Crippen LogP contribution is -2.65. The Morgan fingerprint density at radius 1 is 0.925 bits per heavy atom. The molecule has 0 aromatic carbocycles. The molecule has 5 aliphatic carbocycles. The molecule has 0 amide bonds. The number of imidazole rings is 1. The van der Waals surface area contributed by atoms with Gasteiger partial charge >= 0.3 is 5.97 Å². The SMILES string of the molecule is CC(=O)O[C@H]1CC[C@]2(C)[C@H]3CC=C4[C@@H]5CC(C)(C)CC[C@]5(C(=O)n5ccnc5)CC[C@@]4(C)[C@]3(C)CC[C@H]2C1(C)C. The Bertz CT molecular complexity index is 1230. The van der Waals surface area contributed by atoms with Gasteiger partial charge < -0.3 is 4.74 Å². The lowest BCUT2D eigenvalue weighted by Gasteiger charge is -2.71. The summed E-state index contributed by atoms with van der Waals surface area (Å²) in [6.07, 6.45) is 18.8. The summed E-state index contributed by atoms with van der Waals surface area (Å²) in [6.45, 7) is 18.9. The van der Waals surface area contributed by atoms with Crippen LogP contribution >= 0.6 is 0 Å². The van der Waals surface area contributed by atoms with Gasteiger partial charge in [0.05, 0.1) is 5.41 Å². The quantitative estimate of drug-likeness (QED) is 0.276. The molecular formula is C35H52N2O3. The van der Waals surface area contributed by atoms with Gasteiger partial charge in [-0.05, 0) is 104 Å². The lowest BCUT2D eigenvalue weighted by molar-refractivity contribution is -0.211. The number of nitrogens with zero attached hydrogens (tertiary/aromatic N) is 2. The van der Waals surface area contributed by atoms with Gasteiger partial charge in [-0.1, -0.05) is 60.1 Å². The van der Waals surface area contributed by atoms with E-state index in [1.807, 2.05) is 6.20 Å². The van der Waals surface area contributed by atoms with Crippen LogP contribution in [0.3, 0.4) is 0 Å². The number of aromatic nitrogens is 2. The zero-order valence-electron chi connectivity index (χ0n) is 26.3. The average Bonchev–Trinajstić information content (AvgIpc) is 3.40. The molecule has 40 heavy (non-hydrogen) atoms. The fourth-order valence-electron chi connectivity index (χ4n) is 11.6. The number of ether oxygens (including phenoxy) is 1. The third-order valence-corrected chi connectivity index (χ3v) is 14.0. The van der Waals surface area contributed by atoms with Crippen LogP contribution in [0.5, 0.6) is 0 Å². The summed E-state index contributed by atoms with van der Waals surface area (Å²) in [5, 5.41) is 0. The predicted octanol–water partition coefficient (Wildman–Crippen LogP) is 8.26. The topological polar surface area (TPSA) is 61.2 Å². The normalized spacial score (nSPS) is 45.1. The van der Waals surface area contributed by atoms with Gasteiger partial charge in [0.1, 0.15) is 12.4 Å². The molecule has 0 spiro atoms. The molecule has 220 valence electrons. The Hall–Kier alpha value is -1.91. The van der Waals surface area contributed by atoms with Crippen LogP contribution in [0.2, 0.25) is 0 Å². The largest absolute Gasteiger partial charge is 0.462 e. The summed E-state index contributed by atoms with van der Waals surface area (Å²) in [7, 11) is 0. The highest BCUT2D eigenvalue weighted by Crippen LogP contribution is 2.76. The minimum Gasteiger partial charge on any atom is -0.462 e. The van der Waals surface area contributed by atoms with Crippen LogP contribution in [-0.2, 0) is 9.53 Å². The Kier molecular flexibility index (Phi) is 6.21. The Labute approximate surface area is 241 Å². The molecular weight excluding hydrogens is 496 g/mol. The number of rotatable bonds is 2. The zero-order valence-corrected chi connectivity index (χ0v) is 26.3. The third kappa shape index (κ3) is 3.67. The lowest BCUT2D eigenvalue weighted by atomic mass is 9.33. The molecule has 1 aromatic heterocycles. The summed E-state index contributed by atoms with van der Waals surface area (Å²) in [5.41, 5.74) is 1.99. The molecule has 5 aliphatic rings. The maximum atomic E-state index is 14.2. The molecule has 0 saturated heterocycles. The second-order valence-electron chi connectivity index (χ2n) is 16.6. The van der Waals surface area contributed by atoms with Crippen LogP contribution in [0, 0.1) is 50.2 Å². The van der Waals surface area contributed by atoms with Crippen molar-refractivity contribution in [3.8, 4) is 0 Å². The van der Waals surface area contributed by atoms with Crippen molar-refractivity contribution in [3.05, 3.63) is 30.4 Å². The van der Waals surface area contributed by atoms with Gasteiger partial charge in [0.15, 0.2) is 0 Å². The van der Waals surface area contributed by atoms with Crippen molar-refractivity contribution < 1.29 is 14.3 Å². The van der Waals surface area contributed by atoms with Gasteiger partial charge in [0.25, 0.3) is 0 Å². The Balaban J connectivity index is 1.40. The van der Waals surface area contributed by atoms with Crippen molar-refractivity contribution in [1.82, 2.24) is 9.55 Å². The fourth-order valence-corrected chi connectivity index (χ4v) is 11.6. The molecule has 5 nitrogen and oxygen atoms in total. The highest BCUT2D eigenvalue weighted by atomic mass is 16.5. The highest BCUT2D eigenvalue weighted by Gasteiger charge is 2.69. The van der Waals surface area contributed by atoms with E-state index in [4.69, 9.17) is 4.74 Å². The number of fused-ring (bicyclic) bond motifs is 7. The highest BCUT2D eigenvalue weighted by molar-refractivity contribution is 5.86. The van der Waals surface area contributed by atoms with Crippen LogP contribution in [0.1, 0.15) is 124 Å². The maximum absolute atomic E-state index is 14.2. The molecule has 4 saturated carbocycles. The van der Waals surface area contributed by atoms with E-state index in [9.17, 15) is 9.59 Å². The van der Waals surface area contributed by atoms with Gasteiger partial charge in [0, 0.05) is 24.7 Å². The first-order chi connectivity index (χ1) is 18.6. The van der Waals surface area contributed by atoms with Crippen molar-refractivity contribution in [2.24, 2.45) is 50.2 Å². The molecule has 1 heterocycles. The molecule has 0 bridgehead atoms. The summed E-state index contributed by atoms with van der Waals surface area (Å²) in [5.74, 6) is 1.55. The van der Waals surface area contributed by atoms with E-state index in [1.54, 1.807) is 29.6 Å². The molecule has 0 N–H and O–H groups in total. The number of carbonyl (C=O) groups excluding carboxylic acids is 2. The number of hydrogen-bond donors (Lipinski definition) is 0. The minimum absolute atomic E-state index is 0.00617. The van der Waals surface area contributed by atoms with Crippen LogP contribution < -0.4 is 0 Å². The molecule has 0 unspecified atom stereocenters. The van der Waals surface area contributed by atoms with Gasteiger partial charge in [-0.2, -0.15) is 0 Å². The van der Waals surface area contributed by atoms with Crippen molar-refractivity contribution in [2.75, 3.05) is 0 Å². The van der Waals surface area contributed by atoms with Crippen molar-refractivity contribution in [2.45, 2.75) is 126 Å². The summed E-state index contributed by atoms with van der Waals surface area (Å²) in [4.78, 5) is 30.5. The van der Waals surface area contributed by atoms with Crippen LogP contribution in [0.25, 0.3) is 0 Å². The predicted molar refractivity (Wildman–Crippen MR) is 157 cm³/mol. The van der Waals surface area contributed by atoms with Gasteiger partial charge in [-0.15, -0.1) is 0 Å². The first-order valence-electron chi connectivity index (χ1n) is 16.0. The second kappa shape index (κ2) is 8.80. The third-order valence-electron chi connectivity index (χ3n) is 14.0. The fraction of sp³-hybridized carbons (Fsp3) is 0.800. The smallest absolute Gasteiger partial charge is 0.302 e. The summed E-state index contributed by atoms with van der Waals surface area (Å²) >= 11 is 0. The Morgan fingerprint density at radius 2 is 1.65 bits per heavy atom. The number of esters is 1. The van der Waals surface area contributed by atoms with E-state index in [2.05, 4.69) is 59.5 Å². The molecule has 0 radical (unpaired) electrons. The second-order valence-corrected chi connectivity index (χ2v) is 16.6. The number of allylic oxidation sites excluding steroid dienone is 2. The number of hydrogen-bond acceptors (Lipinski definition) is 4. The monoisotopic (exact) mass is 548 g/mol. The van der Waals surface area contributed by atoms with Gasteiger partial charge in [-0.25, -0.2) is 4.98 Å². The first-order valence-corrected chi connectivity index (χ1v) is 16.0. The standard InChI is InChI=1S/C35H52N2O3/c1-23(38)40-28-12-13-32(6)26(31(28,4)5)11-14-34(8)27(32)10-9-24-25-21-30(2,3)15-17-35(25,18-16-33(24,34)7)29(39)37-20-19-36-22-37/h9,19-20,22,25-28H,10-18,21H2,1-8H3/t25-,26-,27+,28-,32-,33+,34+,35-/m0/s1. The van der Waals surface area contributed by atoms with Crippen LogP contribution in [-0.4, -0.2) is 27.5 Å². The minimum atomic E-state index is -0.323. The molecule has 6 rings (SSSR count). The van der Waals surface area contributed by atoms with E-state index in [1.165, 1.54) is 12.8 Å². The van der Waals surface area contributed by atoms with E-state index in [0.29, 0.717) is 17.8 Å². The van der Waals surface area contributed by atoms with Crippen molar-refractivity contribution >= 4 is 11.9 Å². The zero-order chi connectivity index (χ0) is 28.9. The first kappa shape index (κ1) is 28.2. The van der Waals surface area contributed by atoms with Crippen molar-refractivity contribution in [1.29, 1.82) is 0 Å². The van der Waals surface area contributed by atoms with E-state index in [0.717, 1.165) is 51.4 Å². The molecule has 5 heteroatoms. The number of carbonyl (C=O) groups is 2. The van der Waals surface area contributed by atoms with E-state index in [-0.39, 0.29) is 50.5 Å². The Morgan fingerprint density at radius 3 is 2.33 bits per heavy atom. The van der Waals surface area contributed by atoms with Crippen LogP contribution in [0.4, 0.5) is 0 Å². The van der Waals surface area contributed by atoms with Crippen molar-refractivity contribution in [3.63, 3.8) is 0 Å². The summed E-state index contributed by atoms with van der Waals surface area (Å²) in [6, 6.07) is 0. The van der Waals surface area contributed by atoms with E-state index < -0.39 is 0 Å². The molecule has 8 atom stereocenters. The van der Waals surface area contributed by atoms with Gasteiger partial charge in [0.2, 0.25) is 5.91 Å². The average molecular weight is 549 g/mol. The molecule has 0 aliphatic heterocycles. The van der Waals surface area contributed by atoms with Crippen LogP contribution in [0.15, 0.2) is 30.4 Å².